The highest BCUT2D eigenvalue weighted by molar-refractivity contribution is 7.99. The molecule has 88 valence electrons. The molecular formula is C12H11NO3S. The quantitative estimate of drug-likeness (QED) is 0.759. The summed E-state index contributed by atoms with van der Waals surface area (Å²) in [6.45, 7) is 0. The molecule has 1 fully saturated rings. The summed E-state index contributed by atoms with van der Waals surface area (Å²) < 4.78 is 5.16. The summed E-state index contributed by atoms with van der Waals surface area (Å²) in [6, 6.07) is 5.68. The third-order valence-electron chi connectivity index (χ3n) is 3.24. The van der Waals surface area contributed by atoms with Crippen molar-refractivity contribution in [2.24, 2.45) is 5.92 Å². The van der Waals surface area contributed by atoms with E-state index in [4.69, 9.17) is 4.74 Å². The van der Waals surface area contributed by atoms with E-state index in [0.29, 0.717) is 5.75 Å². The van der Waals surface area contributed by atoms with Gasteiger partial charge in [-0.15, -0.1) is 11.8 Å². The minimum absolute atomic E-state index is 0.152. The molecule has 0 spiro atoms. The summed E-state index contributed by atoms with van der Waals surface area (Å²) in [4.78, 5) is 24.5. The smallest absolute Gasteiger partial charge is 0.234 e. The number of benzene rings is 1. The zero-order valence-corrected chi connectivity index (χ0v) is 10.0. The van der Waals surface area contributed by atoms with Crippen LogP contribution in [0.1, 0.15) is 11.5 Å². The normalized spacial score (nSPS) is 26.2. The van der Waals surface area contributed by atoms with Gasteiger partial charge in [0.15, 0.2) is 0 Å². The van der Waals surface area contributed by atoms with Crippen LogP contribution in [-0.4, -0.2) is 24.7 Å². The minimum atomic E-state index is -0.339. The van der Waals surface area contributed by atoms with Crippen LogP contribution in [0.4, 0.5) is 0 Å². The molecule has 1 aromatic carbocycles. The first-order chi connectivity index (χ1) is 8.20. The lowest BCUT2D eigenvalue weighted by Gasteiger charge is -2.24. The van der Waals surface area contributed by atoms with E-state index in [0.717, 1.165) is 16.2 Å². The number of amides is 2. The van der Waals surface area contributed by atoms with Crippen molar-refractivity contribution in [3.63, 3.8) is 0 Å². The van der Waals surface area contributed by atoms with Crippen LogP contribution in [0.2, 0.25) is 0 Å². The number of nitrogens with one attached hydrogen (secondary N) is 1. The van der Waals surface area contributed by atoms with E-state index in [-0.39, 0.29) is 23.7 Å². The molecule has 2 atom stereocenters. The van der Waals surface area contributed by atoms with Crippen molar-refractivity contribution < 1.29 is 14.3 Å². The molecule has 2 aliphatic heterocycles. The SMILES string of the molecule is COc1ccc2c(c1)[C@H]1C(=O)NC(=O)[C@H]1CS2. The van der Waals surface area contributed by atoms with Crippen LogP contribution in [0.5, 0.6) is 5.75 Å². The molecule has 1 aromatic rings. The molecule has 0 aromatic heterocycles. The van der Waals surface area contributed by atoms with Gasteiger partial charge in [-0.1, -0.05) is 0 Å². The number of rotatable bonds is 1. The monoisotopic (exact) mass is 249 g/mol. The first-order valence-corrected chi connectivity index (χ1v) is 6.34. The highest BCUT2D eigenvalue weighted by Crippen LogP contribution is 2.44. The topological polar surface area (TPSA) is 55.4 Å². The molecule has 4 nitrogen and oxygen atoms in total. The number of carbonyl (C=O) groups is 2. The third kappa shape index (κ3) is 1.53. The van der Waals surface area contributed by atoms with E-state index in [1.807, 2.05) is 18.2 Å². The second kappa shape index (κ2) is 3.77. The number of fused-ring (bicyclic) bond motifs is 3. The zero-order chi connectivity index (χ0) is 12.0. The molecule has 0 bridgehead atoms. The fraction of sp³-hybridized carbons (Fsp3) is 0.333. The van der Waals surface area contributed by atoms with Gasteiger partial charge < -0.3 is 4.74 Å². The molecule has 2 amide bonds. The van der Waals surface area contributed by atoms with Crippen LogP contribution in [0.25, 0.3) is 0 Å². The number of imide groups is 1. The Morgan fingerprint density at radius 2 is 2.18 bits per heavy atom. The molecule has 0 radical (unpaired) electrons. The standard InChI is InChI=1S/C12H11NO3S/c1-16-6-2-3-9-7(4-6)10-8(5-17-9)11(14)13-12(10)15/h2-4,8,10H,5H2,1H3,(H,13,14,15)/t8-,10+/m0/s1. The predicted molar refractivity (Wildman–Crippen MR) is 63.1 cm³/mol. The van der Waals surface area contributed by atoms with Crippen LogP contribution in [0.15, 0.2) is 23.1 Å². The fourth-order valence-electron chi connectivity index (χ4n) is 2.36. The van der Waals surface area contributed by atoms with E-state index < -0.39 is 0 Å². The maximum absolute atomic E-state index is 11.8. The molecule has 17 heavy (non-hydrogen) atoms. The Morgan fingerprint density at radius 3 is 2.94 bits per heavy atom. The molecule has 2 aliphatic rings. The Balaban J connectivity index is 2.10. The lowest BCUT2D eigenvalue weighted by atomic mass is 9.88. The molecular weight excluding hydrogens is 238 g/mol. The largest absolute Gasteiger partial charge is 0.497 e. The number of methoxy groups -OCH3 is 1. The highest BCUT2D eigenvalue weighted by atomic mass is 32.2. The zero-order valence-electron chi connectivity index (χ0n) is 9.23. The molecule has 2 heterocycles. The summed E-state index contributed by atoms with van der Waals surface area (Å²) in [5.74, 6) is 0.482. The van der Waals surface area contributed by atoms with E-state index >= 15 is 0 Å². The van der Waals surface area contributed by atoms with Crippen molar-refractivity contribution in [2.75, 3.05) is 12.9 Å². The Kier molecular flexibility index (Phi) is 2.36. The highest BCUT2D eigenvalue weighted by Gasteiger charge is 2.45. The van der Waals surface area contributed by atoms with Crippen molar-refractivity contribution in [1.29, 1.82) is 0 Å². The number of ether oxygens (including phenoxy) is 1. The molecule has 0 aliphatic carbocycles. The van der Waals surface area contributed by atoms with Crippen LogP contribution < -0.4 is 10.1 Å². The molecule has 1 N–H and O–H groups in total. The first kappa shape index (κ1) is 10.7. The Bertz CT molecular complexity index is 514. The Morgan fingerprint density at radius 1 is 1.35 bits per heavy atom. The van der Waals surface area contributed by atoms with Gasteiger partial charge in [0.25, 0.3) is 0 Å². The second-order valence-corrected chi connectivity index (χ2v) is 5.21. The van der Waals surface area contributed by atoms with Gasteiger partial charge in [0, 0.05) is 10.6 Å². The van der Waals surface area contributed by atoms with Crippen molar-refractivity contribution in [3.8, 4) is 5.75 Å². The molecule has 5 heteroatoms. The van der Waals surface area contributed by atoms with E-state index in [1.165, 1.54) is 0 Å². The summed E-state index contributed by atoms with van der Waals surface area (Å²) in [5.41, 5.74) is 0.911. The van der Waals surface area contributed by atoms with Gasteiger partial charge in [0.05, 0.1) is 18.9 Å². The maximum atomic E-state index is 11.8. The fourth-order valence-corrected chi connectivity index (χ4v) is 3.58. The Hall–Kier alpha value is -1.49. The average Bonchev–Trinajstić information content (AvgIpc) is 2.64. The van der Waals surface area contributed by atoms with Gasteiger partial charge in [-0.2, -0.15) is 0 Å². The van der Waals surface area contributed by atoms with Crippen molar-refractivity contribution in [2.45, 2.75) is 10.8 Å². The third-order valence-corrected chi connectivity index (χ3v) is 4.45. The van der Waals surface area contributed by atoms with Crippen molar-refractivity contribution in [3.05, 3.63) is 23.8 Å². The van der Waals surface area contributed by atoms with Crippen LogP contribution in [-0.2, 0) is 9.59 Å². The molecule has 0 saturated carbocycles. The average molecular weight is 249 g/mol. The lowest BCUT2D eigenvalue weighted by Crippen LogP contribution is -2.23. The lowest BCUT2D eigenvalue weighted by molar-refractivity contribution is -0.125. The van der Waals surface area contributed by atoms with Crippen LogP contribution >= 0.6 is 11.8 Å². The summed E-state index contributed by atoms with van der Waals surface area (Å²) in [5, 5.41) is 2.41. The first-order valence-electron chi connectivity index (χ1n) is 5.36. The van der Waals surface area contributed by atoms with Gasteiger partial charge in [-0.25, -0.2) is 0 Å². The van der Waals surface area contributed by atoms with Gasteiger partial charge in [-0.3, -0.25) is 14.9 Å². The molecule has 1 saturated heterocycles. The number of hydrogen-bond acceptors (Lipinski definition) is 4. The van der Waals surface area contributed by atoms with Gasteiger partial charge >= 0.3 is 0 Å². The summed E-state index contributed by atoms with van der Waals surface area (Å²) in [7, 11) is 1.59. The van der Waals surface area contributed by atoms with E-state index in [1.54, 1.807) is 18.9 Å². The number of hydrogen-bond donors (Lipinski definition) is 1. The summed E-state index contributed by atoms with van der Waals surface area (Å²) >= 11 is 1.62. The van der Waals surface area contributed by atoms with E-state index in [9.17, 15) is 9.59 Å². The van der Waals surface area contributed by atoms with Gasteiger partial charge in [0.1, 0.15) is 5.75 Å². The van der Waals surface area contributed by atoms with Gasteiger partial charge in [0.2, 0.25) is 11.8 Å². The molecule has 3 rings (SSSR count). The van der Waals surface area contributed by atoms with Crippen molar-refractivity contribution in [1.82, 2.24) is 5.32 Å². The van der Waals surface area contributed by atoms with Crippen LogP contribution in [0, 0.1) is 5.92 Å². The van der Waals surface area contributed by atoms with Crippen molar-refractivity contribution >= 4 is 23.6 Å². The van der Waals surface area contributed by atoms with Crippen LogP contribution in [0.3, 0.4) is 0 Å². The van der Waals surface area contributed by atoms with E-state index in [2.05, 4.69) is 5.32 Å². The number of thioether (sulfide) groups is 1. The minimum Gasteiger partial charge on any atom is -0.497 e. The number of carbonyl (C=O) groups excluding carboxylic acids is 2. The maximum Gasteiger partial charge on any atom is 0.234 e. The predicted octanol–water partition coefficient (Wildman–Crippen LogP) is 1.16. The Labute approximate surface area is 103 Å². The molecule has 0 unspecified atom stereocenters. The van der Waals surface area contributed by atoms with Gasteiger partial charge in [-0.05, 0) is 23.8 Å². The summed E-state index contributed by atoms with van der Waals surface area (Å²) in [6.07, 6.45) is 0. The second-order valence-electron chi connectivity index (χ2n) is 4.15.